The molecule has 35 heavy (non-hydrogen) atoms. The van der Waals surface area contributed by atoms with Crippen molar-refractivity contribution >= 4 is 46.4 Å². The summed E-state index contributed by atoms with van der Waals surface area (Å²) in [5.74, 6) is -0.235. The molecule has 0 spiro atoms. The lowest BCUT2D eigenvalue weighted by Gasteiger charge is -2.19. The summed E-state index contributed by atoms with van der Waals surface area (Å²) in [6, 6.07) is 26.4. The predicted octanol–water partition coefficient (Wildman–Crippen LogP) is 7.63. The van der Waals surface area contributed by atoms with E-state index in [1.165, 1.54) is 0 Å². The molecule has 0 aliphatic carbocycles. The van der Waals surface area contributed by atoms with Gasteiger partial charge in [0.05, 0.1) is 10.7 Å². The van der Waals surface area contributed by atoms with Crippen LogP contribution in [0.4, 0.5) is 5.69 Å². The normalized spacial score (nSPS) is 10.7. The van der Waals surface area contributed by atoms with E-state index in [4.69, 9.17) is 39.8 Å². The van der Waals surface area contributed by atoms with Crippen LogP contribution in [0.5, 0.6) is 0 Å². The number of hydrogen-bond acceptors (Lipinski definition) is 3. The fourth-order valence-electron chi connectivity index (χ4n) is 3.76. The molecule has 1 N–H and O–H groups in total. The molecule has 1 aromatic heterocycles. The van der Waals surface area contributed by atoms with E-state index in [2.05, 4.69) is 22.3 Å². The SMILES string of the molecule is CN(CCCNC(=O)c1ccc(-c2ccc(Cl)cc2)c(-c2ccc(Cl)cc2Cl)n1)c1ccccc1. The van der Waals surface area contributed by atoms with Gasteiger partial charge in [0.2, 0.25) is 0 Å². The van der Waals surface area contributed by atoms with Gasteiger partial charge in [-0.3, -0.25) is 4.79 Å². The van der Waals surface area contributed by atoms with Crippen LogP contribution in [0, 0.1) is 0 Å². The third kappa shape index (κ3) is 6.34. The Bertz CT molecular complexity index is 1310. The van der Waals surface area contributed by atoms with Crippen LogP contribution in [0.2, 0.25) is 15.1 Å². The Morgan fingerprint density at radius 3 is 2.26 bits per heavy atom. The summed E-state index contributed by atoms with van der Waals surface area (Å²) in [6.07, 6.45) is 0.801. The fraction of sp³-hybridized carbons (Fsp3) is 0.143. The highest BCUT2D eigenvalue weighted by Gasteiger charge is 2.17. The molecule has 0 fully saturated rings. The Morgan fingerprint density at radius 1 is 0.857 bits per heavy atom. The smallest absolute Gasteiger partial charge is 0.269 e. The third-order valence-corrected chi connectivity index (χ3v) is 6.42. The largest absolute Gasteiger partial charge is 0.375 e. The van der Waals surface area contributed by atoms with Crippen molar-refractivity contribution in [1.29, 1.82) is 0 Å². The maximum Gasteiger partial charge on any atom is 0.269 e. The quantitative estimate of drug-likeness (QED) is 0.241. The van der Waals surface area contributed by atoms with Gasteiger partial charge in [-0.1, -0.05) is 65.1 Å². The summed E-state index contributed by atoms with van der Waals surface area (Å²) in [7, 11) is 2.04. The summed E-state index contributed by atoms with van der Waals surface area (Å²) in [5.41, 5.74) is 4.51. The lowest BCUT2D eigenvalue weighted by molar-refractivity contribution is 0.0948. The van der Waals surface area contributed by atoms with E-state index in [1.54, 1.807) is 18.2 Å². The van der Waals surface area contributed by atoms with Crippen LogP contribution in [-0.4, -0.2) is 31.0 Å². The minimum atomic E-state index is -0.235. The summed E-state index contributed by atoms with van der Waals surface area (Å²) in [5, 5.41) is 4.60. The first-order valence-electron chi connectivity index (χ1n) is 11.2. The first-order chi connectivity index (χ1) is 16.9. The molecule has 0 radical (unpaired) electrons. The Morgan fingerprint density at radius 2 is 1.54 bits per heavy atom. The third-order valence-electron chi connectivity index (χ3n) is 5.62. The van der Waals surface area contributed by atoms with Gasteiger partial charge in [0.25, 0.3) is 5.91 Å². The molecule has 0 atom stereocenters. The first-order valence-corrected chi connectivity index (χ1v) is 12.3. The molecule has 1 amide bonds. The van der Waals surface area contributed by atoms with E-state index < -0.39 is 0 Å². The maximum absolute atomic E-state index is 12.9. The van der Waals surface area contributed by atoms with Crippen molar-refractivity contribution in [2.75, 3.05) is 25.0 Å². The zero-order valence-electron chi connectivity index (χ0n) is 19.1. The lowest BCUT2D eigenvalue weighted by Crippen LogP contribution is -2.28. The van der Waals surface area contributed by atoms with Crippen molar-refractivity contribution in [1.82, 2.24) is 10.3 Å². The second-order valence-corrected chi connectivity index (χ2v) is 9.37. The van der Waals surface area contributed by atoms with Gasteiger partial charge in [0.1, 0.15) is 5.69 Å². The van der Waals surface area contributed by atoms with Gasteiger partial charge < -0.3 is 10.2 Å². The molecule has 178 valence electrons. The van der Waals surface area contributed by atoms with E-state index >= 15 is 0 Å². The summed E-state index contributed by atoms with van der Waals surface area (Å²) < 4.78 is 0. The van der Waals surface area contributed by atoms with Gasteiger partial charge in [-0.2, -0.15) is 0 Å². The van der Waals surface area contributed by atoms with Crippen LogP contribution in [0.15, 0.2) is 84.9 Å². The highest BCUT2D eigenvalue weighted by atomic mass is 35.5. The number of hydrogen-bond donors (Lipinski definition) is 1. The highest BCUT2D eigenvalue weighted by molar-refractivity contribution is 6.36. The van der Waals surface area contributed by atoms with E-state index in [-0.39, 0.29) is 5.91 Å². The number of anilines is 1. The molecular formula is C28H24Cl3N3O. The topological polar surface area (TPSA) is 45.2 Å². The number of amides is 1. The number of nitrogens with zero attached hydrogens (tertiary/aromatic N) is 2. The van der Waals surface area contributed by atoms with Gasteiger partial charge in [-0.15, -0.1) is 0 Å². The van der Waals surface area contributed by atoms with Crippen LogP contribution in [0.25, 0.3) is 22.4 Å². The summed E-state index contributed by atoms with van der Waals surface area (Å²) in [6.45, 7) is 1.35. The van der Waals surface area contributed by atoms with Crippen molar-refractivity contribution in [3.63, 3.8) is 0 Å². The van der Waals surface area contributed by atoms with Crippen molar-refractivity contribution in [2.45, 2.75) is 6.42 Å². The molecule has 4 nitrogen and oxygen atoms in total. The van der Waals surface area contributed by atoms with Gasteiger partial charge in [0.15, 0.2) is 0 Å². The van der Waals surface area contributed by atoms with Crippen LogP contribution >= 0.6 is 34.8 Å². The molecule has 1 heterocycles. The number of carbonyl (C=O) groups is 1. The summed E-state index contributed by atoms with van der Waals surface area (Å²) >= 11 is 18.7. The van der Waals surface area contributed by atoms with Gasteiger partial charge in [0, 0.05) is 47.0 Å². The zero-order valence-corrected chi connectivity index (χ0v) is 21.4. The molecule has 4 rings (SSSR count). The van der Waals surface area contributed by atoms with Crippen molar-refractivity contribution in [2.24, 2.45) is 0 Å². The summed E-state index contributed by atoms with van der Waals surface area (Å²) in [4.78, 5) is 19.8. The number of aromatic nitrogens is 1. The number of para-hydroxylation sites is 1. The van der Waals surface area contributed by atoms with E-state index in [0.717, 1.165) is 29.8 Å². The van der Waals surface area contributed by atoms with E-state index in [9.17, 15) is 4.79 Å². The average Bonchev–Trinajstić information content (AvgIpc) is 2.87. The molecule has 0 bridgehead atoms. The molecule has 7 heteroatoms. The van der Waals surface area contributed by atoms with E-state index in [1.807, 2.05) is 61.6 Å². The molecular weight excluding hydrogens is 501 g/mol. The van der Waals surface area contributed by atoms with E-state index in [0.29, 0.717) is 38.6 Å². The maximum atomic E-state index is 12.9. The van der Waals surface area contributed by atoms with Gasteiger partial charge in [-0.25, -0.2) is 4.98 Å². The predicted molar refractivity (Wildman–Crippen MR) is 147 cm³/mol. The molecule has 4 aromatic rings. The number of rotatable bonds is 8. The molecule has 0 saturated carbocycles. The first kappa shape index (κ1) is 25.1. The minimum absolute atomic E-state index is 0.235. The minimum Gasteiger partial charge on any atom is -0.375 e. The lowest BCUT2D eigenvalue weighted by atomic mass is 9.98. The zero-order chi connectivity index (χ0) is 24.8. The fourth-order valence-corrected chi connectivity index (χ4v) is 4.38. The van der Waals surface area contributed by atoms with Crippen LogP contribution in [0.1, 0.15) is 16.9 Å². The number of carbonyl (C=O) groups excluding carboxylic acids is 1. The highest BCUT2D eigenvalue weighted by Crippen LogP contribution is 2.36. The van der Waals surface area contributed by atoms with Crippen LogP contribution in [-0.2, 0) is 0 Å². The molecule has 3 aromatic carbocycles. The number of nitrogens with one attached hydrogen (secondary N) is 1. The second-order valence-electron chi connectivity index (χ2n) is 8.09. The molecule has 0 unspecified atom stereocenters. The standard InChI is InChI=1S/C28H24Cl3N3O/c1-34(22-6-3-2-4-7-22)17-5-16-32-28(35)26-15-14-23(19-8-10-20(29)11-9-19)27(33-26)24-13-12-21(30)18-25(24)31/h2-4,6-15,18H,5,16-17H2,1H3,(H,32,35). The van der Waals surface area contributed by atoms with Crippen molar-refractivity contribution < 1.29 is 4.79 Å². The average molecular weight is 525 g/mol. The Balaban J connectivity index is 1.53. The van der Waals surface area contributed by atoms with Crippen LogP contribution < -0.4 is 10.2 Å². The number of halogens is 3. The number of benzene rings is 3. The number of pyridine rings is 1. The monoisotopic (exact) mass is 523 g/mol. The Kier molecular flexibility index (Phi) is 8.29. The Hall–Kier alpha value is -3.05. The van der Waals surface area contributed by atoms with Gasteiger partial charge in [-0.05, 0) is 66.6 Å². The molecule has 0 aliphatic rings. The Labute approximate surface area is 220 Å². The van der Waals surface area contributed by atoms with Crippen molar-refractivity contribution in [3.8, 4) is 22.4 Å². The molecule has 0 aliphatic heterocycles. The second kappa shape index (κ2) is 11.6. The van der Waals surface area contributed by atoms with Crippen molar-refractivity contribution in [3.05, 3.63) is 106 Å². The molecule has 0 saturated heterocycles. The van der Waals surface area contributed by atoms with Crippen LogP contribution in [0.3, 0.4) is 0 Å². The van der Waals surface area contributed by atoms with Gasteiger partial charge >= 0.3 is 0 Å².